The summed E-state index contributed by atoms with van der Waals surface area (Å²) in [5.41, 5.74) is 17.3. The number of nitrogens with zero attached hydrogens (tertiary/aromatic N) is 1. The molecular weight excluding hydrogens is 639 g/mol. The highest BCUT2D eigenvalue weighted by Gasteiger charge is 2.40. The van der Waals surface area contributed by atoms with Crippen LogP contribution in [0, 0.1) is 11.8 Å². The lowest BCUT2D eigenvalue weighted by molar-refractivity contribution is 0.420. The van der Waals surface area contributed by atoms with Crippen LogP contribution in [0.25, 0.3) is 33.4 Å². The summed E-state index contributed by atoms with van der Waals surface area (Å²) in [5.74, 6) is 3.28. The van der Waals surface area contributed by atoms with Crippen molar-refractivity contribution in [2.45, 2.75) is 88.9 Å². The normalized spacial score (nSPS) is 21.4. The van der Waals surface area contributed by atoms with Gasteiger partial charge in [0.1, 0.15) is 0 Å². The lowest BCUT2D eigenvalue weighted by Gasteiger charge is -2.29. The summed E-state index contributed by atoms with van der Waals surface area (Å²) in [7, 11) is 0. The van der Waals surface area contributed by atoms with E-state index in [9.17, 15) is 0 Å². The summed E-state index contributed by atoms with van der Waals surface area (Å²) < 4.78 is 0. The largest absolute Gasteiger partial charge is 0.310 e. The van der Waals surface area contributed by atoms with E-state index in [1.54, 1.807) is 0 Å². The van der Waals surface area contributed by atoms with Gasteiger partial charge in [-0.3, -0.25) is 0 Å². The topological polar surface area (TPSA) is 3.24 Å². The summed E-state index contributed by atoms with van der Waals surface area (Å²) in [6.45, 7) is 4.81. The molecule has 53 heavy (non-hydrogen) atoms. The zero-order valence-corrected chi connectivity index (χ0v) is 31.4. The van der Waals surface area contributed by atoms with Gasteiger partial charge in [0.25, 0.3) is 0 Å². The second-order valence-electron chi connectivity index (χ2n) is 17.2. The highest BCUT2D eigenvalue weighted by Crippen LogP contribution is 2.54. The standard InChI is InChI=1S/C52H51N/c1-52(2)50-33-42(37-12-7-4-8-13-37)22-28-47(50)48-29-27-46(34-51(48)52)53(45-25-20-39(21-26-45)49-31-35-16-17-43(49)30-35)44-23-18-38(19-24-44)41-15-9-14-40(32-41)36-10-5-3-6-11-36/h4,7-9,12-15,18-29,32-36,43,49H,3,5-6,10-11,16-17,30-31H2,1-2H3. The van der Waals surface area contributed by atoms with E-state index in [4.69, 9.17) is 0 Å². The van der Waals surface area contributed by atoms with Gasteiger partial charge in [-0.05, 0) is 154 Å². The molecule has 0 aliphatic heterocycles. The number of benzene rings is 6. The molecule has 264 valence electrons. The first-order valence-corrected chi connectivity index (χ1v) is 20.4. The van der Waals surface area contributed by atoms with Gasteiger partial charge in [0.2, 0.25) is 0 Å². The molecule has 4 aliphatic rings. The van der Waals surface area contributed by atoms with Crippen molar-refractivity contribution in [1.29, 1.82) is 0 Å². The van der Waals surface area contributed by atoms with Crippen molar-refractivity contribution in [3.63, 3.8) is 0 Å². The van der Waals surface area contributed by atoms with Crippen LogP contribution in [0.2, 0.25) is 0 Å². The van der Waals surface area contributed by atoms with E-state index in [2.05, 4.69) is 158 Å². The molecule has 3 unspecified atom stereocenters. The third-order valence-electron chi connectivity index (χ3n) is 13.8. The molecule has 6 aromatic rings. The first kappa shape index (κ1) is 32.7. The molecule has 2 bridgehead atoms. The summed E-state index contributed by atoms with van der Waals surface area (Å²) in [6.07, 6.45) is 12.5. The van der Waals surface area contributed by atoms with E-state index < -0.39 is 0 Å². The predicted octanol–water partition coefficient (Wildman–Crippen LogP) is 14.7. The molecule has 0 N–H and O–H groups in total. The van der Waals surface area contributed by atoms with Gasteiger partial charge in [-0.25, -0.2) is 0 Å². The zero-order chi connectivity index (χ0) is 35.5. The lowest BCUT2D eigenvalue weighted by Crippen LogP contribution is -2.17. The average molecular weight is 690 g/mol. The van der Waals surface area contributed by atoms with Crippen LogP contribution in [-0.4, -0.2) is 0 Å². The Hall–Kier alpha value is -4.88. The number of rotatable bonds is 7. The second kappa shape index (κ2) is 13.2. The molecule has 3 fully saturated rings. The van der Waals surface area contributed by atoms with E-state index in [0.717, 1.165) is 17.8 Å². The summed E-state index contributed by atoms with van der Waals surface area (Å²) in [6, 6.07) is 53.5. The van der Waals surface area contributed by atoms with E-state index in [-0.39, 0.29) is 5.41 Å². The quantitative estimate of drug-likeness (QED) is 0.161. The maximum absolute atomic E-state index is 2.49. The monoisotopic (exact) mass is 689 g/mol. The summed E-state index contributed by atoms with van der Waals surface area (Å²) >= 11 is 0. The Bertz CT molecular complexity index is 2250. The Morgan fingerprint density at radius 3 is 1.81 bits per heavy atom. The number of fused-ring (bicyclic) bond motifs is 5. The van der Waals surface area contributed by atoms with Gasteiger partial charge in [0.15, 0.2) is 0 Å². The Morgan fingerprint density at radius 1 is 0.472 bits per heavy atom. The van der Waals surface area contributed by atoms with Crippen molar-refractivity contribution in [3.8, 4) is 33.4 Å². The predicted molar refractivity (Wildman–Crippen MR) is 224 cm³/mol. The molecular formula is C52H51N. The van der Waals surface area contributed by atoms with Crippen LogP contribution in [-0.2, 0) is 5.41 Å². The molecule has 0 saturated heterocycles. The lowest BCUT2D eigenvalue weighted by atomic mass is 9.81. The van der Waals surface area contributed by atoms with Crippen molar-refractivity contribution in [1.82, 2.24) is 0 Å². The molecule has 10 rings (SSSR count). The van der Waals surface area contributed by atoms with Gasteiger partial charge in [-0.1, -0.05) is 137 Å². The van der Waals surface area contributed by atoms with E-state index in [1.807, 2.05) is 0 Å². The fourth-order valence-electron chi connectivity index (χ4n) is 10.9. The van der Waals surface area contributed by atoms with Gasteiger partial charge < -0.3 is 4.90 Å². The van der Waals surface area contributed by atoms with Crippen LogP contribution in [0.1, 0.15) is 106 Å². The first-order chi connectivity index (χ1) is 26.0. The minimum atomic E-state index is -0.115. The number of anilines is 3. The van der Waals surface area contributed by atoms with Crippen molar-refractivity contribution < 1.29 is 0 Å². The van der Waals surface area contributed by atoms with Crippen LogP contribution >= 0.6 is 0 Å². The van der Waals surface area contributed by atoms with Crippen molar-refractivity contribution >= 4 is 17.1 Å². The smallest absolute Gasteiger partial charge is 0.0465 e. The highest BCUT2D eigenvalue weighted by atomic mass is 15.1. The van der Waals surface area contributed by atoms with Crippen LogP contribution in [0.3, 0.4) is 0 Å². The Balaban J connectivity index is 1.02. The molecule has 0 amide bonds. The minimum absolute atomic E-state index is 0.115. The van der Waals surface area contributed by atoms with Crippen LogP contribution in [0.4, 0.5) is 17.1 Å². The summed E-state index contributed by atoms with van der Waals surface area (Å²) in [4.78, 5) is 2.49. The van der Waals surface area contributed by atoms with Crippen molar-refractivity contribution in [2.75, 3.05) is 4.90 Å². The molecule has 0 heterocycles. The third-order valence-corrected chi connectivity index (χ3v) is 13.8. The Labute approximate surface area is 316 Å². The van der Waals surface area contributed by atoms with E-state index >= 15 is 0 Å². The van der Waals surface area contributed by atoms with Crippen LogP contribution in [0.15, 0.2) is 140 Å². The Morgan fingerprint density at radius 2 is 1.09 bits per heavy atom. The Kier molecular flexibility index (Phi) is 8.16. The second-order valence-corrected chi connectivity index (χ2v) is 17.2. The molecule has 4 aliphatic carbocycles. The SMILES string of the molecule is CC1(C)c2cc(-c3ccccc3)ccc2-c2ccc(N(c3ccc(-c4cccc(C5CCCCC5)c4)cc3)c3ccc(C4CC5CCC4C5)cc3)cc21. The van der Waals surface area contributed by atoms with Gasteiger partial charge >= 0.3 is 0 Å². The van der Waals surface area contributed by atoms with E-state index in [1.165, 1.54) is 130 Å². The molecule has 3 saturated carbocycles. The molecule has 6 aromatic carbocycles. The molecule has 1 nitrogen and oxygen atoms in total. The average Bonchev–Trinajstić information content (AvgIpc) is 3.92. The van der Waals surface area contributed by atoms with Gasteiger partial charge in [0, 0.05) is 22.5 Å². The number of hydrogen-bond donors (Lipinski definition) is 0. The van der Waals surface area contributed by atoms with Gasteiger partial charge in [0.05, 0.1) is 0 Å². The first-order valence-electron chi connectivity index (χ1n) is 20.4. The van der Waals surface area contributed by atoms with E-state index in [0.29, 0.717) is 5.92 Å². The van der Waals surface area contributed by atoms with Crippen molar-refractivity contribution in [2.24, 2.45) is 11.8 Å². The molecule has 3 atom stereocenters. The van der Waals surface area contributed by atoms with Gasteiger partial charge in [-0.15, -0.1) is 0 Å². The third kappa shape index (κ3) is 5.84. The molecule has 0 radical (unpaired) electrons. The fraction of sp³-hybridized carbons (Fsp3) is 0.308. The van der Waals surface area contributed by atoms with Crippen molar-refractivity contribution in [3.05, 3.63) is 162 Å². The summed E-state index contributed by atoms with van der Waals surface area (Å²) in [5, 5.41) is 0. The highest BCUT2D eigenvalue weighted by molar-refractivity contribution is 5.87. The zero-order valence-electron chi connectivity index (χ0n) is 31.4. The maximum Gasteiger partial charge on any atom is 0.0465 e. The number of hydrogen-bond acceptors (Lipinski definition) is 1. The fourth-order valence-corrected chi connectivity index (χ4v) is 10.9. The molecule has 0 spiro atoms. The van der Waals surface area contributed by atoms with Crippen LogP contribution < -0.4 is 4.90 Å². The molecule has 0 aromatic heterocycles. The van der Waals surface area contributed by atoms with Gasteiger partial charge in [-0.2, -0.15) is 0 Å². The minimum Gasteiger partial charge on any atom is -0.310 e. The van der Waals surface area contributed by atoms with Crippen LogP contribution in [0.5, 0.6) is 0 Å². The maximum atomic E-state index is 2.49. The molecule has 1 heteroatoms.